The Morgan fingerprint density at radius 2 is 1.87 bits per heavy atom. The van der Waals surface area contributed by atoms with Gasteiger partial charge in [-0.05, 0) is 27.7 Å². The lowest BCUT2D eigenvalue weighted by Crippen LogP contribution is -2.67. The van der Waals surface area contributed by atoms with E-state index in [0.29, 0.717) is 6.04 Å². The average Bonchev–Trinajstić information content (AvgIpc) is 2.39. The molecular weight excluding hydrogens is 190 g/mol. The van der Waals surface area contributed by atoms with Gasteiger partial charge in [-0.15, -0.1) is 0 Å². The number of carbonyl (C=O) groups is 1. The van der Waals surface area contributed by atoms with Crippen molar-refractivity contribution in [3.63, 3.8) is 0 Å². The first-order chi connectivity index (χ1) is 6.96. The molecule has 4 nitrogen and oxygen atoms in total. The lowest BCUT2D eigenvalue weighted by molar-refractivity contribution is -0.138. The Bertz CT molecular complexity index is 303. The first-order valence-electron chi connectivity index (χ1n) is 5.58. The fourth-order valence-electron chi connectivity index (χ4n) is 2.10. The zero-order valence-electron chi connectivity index (χ0n) is 9.90. The van der Waals surface area contributed by atoms with Gasteiger partial charge in [-0.2, -0.15) is 0 Å². The van der Waals surface area contributed by atoms with Crippen LogP contribution >= 0.6 is 0 Å². The van der Waals surface area contributed by atoms with E-state index in [-0.39, 0.29) is 11.9 Å². The van der Waals surface area contributed by atoms with Crippen molar-refractivity contribution in [2.45, 2.75) is 45.3 Å². The second-order valence-electron chi connectivity index (χ2n) is 5.08. The highest BCUT2D eigenvalue weighted by atomic mass is 16.2. The molecular formula is C11H19N3O. The van der Waals surface area contributed by atoms with Gasteiger partial charge in [0.25, 0.3) is 5.91 Å². The average molecular weight is 209 g/mol. The fraction of sp³-hybridized carbons (Fsp3) is 0.818. The molecule has 0 unspecified atom stereocenters. The standard InChI is InChI=1S/C11H19N3O/c1-8(2)13-5-11(6-13)10(15)14(7-12-11)9(3)4/h7-9H,5-6H2,1-4H3. The molecule has 1 saturated heterocycles. The van der Waals surface area contributed by atoms with Gasteiger partial charge in [-0.1, -0.05) is 0 Å². The van der Waals surface area contributed by atoms with Gasteiger partial charge in [-0.3, -0.25) is 19.6 Å². The molecule has 4 heteroatoms. The summed E-state index contributed by atoms with van der Waals surface area (Å²) in [5, 5.41) is 0. The van der Waals surface area contributed by atoms with Crippen LogP contribution in [0.1, 0.15) is 27.7 Å². The highest BCUT2D eigenvalue weighted by Crippen LogP contribution is 2.32. The monoisotopic (exact) mass is 209 g/mol. The third kappa shape index (κ3) is 1.47. The van der Waals surface area contributed by atoms with Crippen molar-refractivity contribution in [2.75, 3.05) is 13.1 Å². The second kappa shape index (κ2) is 3.30. The van der Waals surface area contributed by atoms with Crippen molar-refractivity contribution in [2.24, 2.45) is 4.99 Å². The largest absolute Gasteiger partial charge is 0.298 e. The van der Waals surface area contributed by atoms with Crippen LogP contribution in [-0.4, -0.2) is 52.8 Å². The number of rotatable bonds is 2. The quantitative estimate of drug-likeness (QED) is 0.672. The van der Waals surface area contributed by atoms with Crippen molar-refractivity contribution in [3.05, 3.63) is 0 Å². The number of aliphatic imine (C=N–C) groups is 1. The van der Waals surface area contributed by atoms with E-state index >= 15 is 0 Å². The fourth-order valence-corrected chi connectivity index (χ4v) is 2.10. The summed E-state index contributed by atoms with van der Waals surface area (Å²) in [7, 11) is 0. The van der Waals surface area contributed by atoms with Crippen LogP contribution in [-0.2, 0) is 4.79 Å². The predicted molar refractivity (Wildman–Crippen MR) is 59.9 cm³/mol. The second-order valence-corrected chi connectivity index (χ2v) is 5.08. The van der Waals surface area contributed by atoms with Crippen LogP contribution in [0.25, 0.3) is 0 Å². The molecule has 84 valence electrons. The van der Waals surface area contributed by atoms with Gasteiger partial charge in [0, 0.05) is 25.2 Å². The molecule has 0 aromatic rings. The first kappa shape index (κ1) is 10.6. The van der Waals surface area contributed by atoms with Gasteiger partial charge in [0.1, 0.15) is 0 Å². The van der Waals surface area contributed by atoms with Crippen LogP contribution in [0.5, 0.6) is 0 Å². The van der Waals surface area contributed by atoms with Crippen molar-refractivity contribution in [1.82, 2.24) is 9.80 Å². The zero-order chi connectivity index (χ0) is 11.2. The molecule has 1 amide bonds. The maximum absolute atomic E-state index is 12.1. The van der Waals surface area contributed by atoms with E-state index in [0.717, 1.165) is 13.1 Å². The Balaban J connectivity index is 2.04. The Morgan fingerprint density at radius 3 is 2.27 bits per heavy atom. The SMILES string of the molecule is CC(C)N1CC2(C1)N=CN(C(C)C)C2=O. The Morgan fingerprint density at radius 1 is 1.27 bits per heavy atom. The summed E-state index contributed by atoms with van der Waals surface area (Å²) >= 11 is 0. The van der Waals surface area contributed by atoms with Crippen LogP contribution in [0.4, 0.5) is 0 Å². The Hall–Kier alpha value is -0.900. The Labute approximate surface area is 91.0 Å². The van der Waals surface area contributed by atoms with Gasteiger partial charge < -0.3 is 0 Å². The number of likely N-dealkylation sites (tertiary alicyclic amines) is 1. The van der Waals surface area contributed by atoms with E-state index in [1.165, 1.54) is 0 Å². The normalized spacial score (nSPS) is 24.7. The minimum absolute atomic E-state index is 0.175. The highest BCUT2D eigenvalue weighted by Gasteiger charge is 2.54. The summed E-state index contributed by atoms with van der Waals surface area (Å²) in [5.41, 5.74) is -0.436. The van der Waals surface area contributed by atoms with Crippen LogP contribution in [0.2, 0.25) is 0 Å². The van der Waals surface area contributed by atoms with Crippen LogP contribution < -0.4 is 0 Å². The molecule has 2 aliphatic heterocycles. The molecule has 0 aromatic heterocycles. The molecule has 0 N–H and O–H groups in total. The van der Waals surface area contributed by atoms with E-state index in [2.05, 4.69) is 23.7 Å². The summed E-state index contributed by atoms with van der Waals surface area (Å²) in [6, 6.07) is 0.723. The van der Waals surface area contributed by atoms with Crippen LogP contribution in [0, 0.1) is 0 Å². The lowest BCUT2D eigenvalue weighted by atomic mass is 9.88. The van der Waals surface area contributed by atoms with E-state index in [1.807, 2.05) is 13.8 Å². The number of carbonyl (C=O) groups excluding carboxylic acids is 1. The lowest BCUT2D eigenvalue weighted by Gasteiger charge is -2.46. The molecule has 0 aliphatic carbocycles. The van der Waals surface area contributed by atoms with E-state index in [1.54, 1.807) is 11.2 Å². The minimum atomic E-state index is -0.436. The smallest absolute Gasteiger partial charge is 0.258 e. The molecule has 2 heterocycles. The maximum atomic E-state index is 12.1. The van der Waals surface area contributed by atoms with Crippen molar-refractivity contribution in [1.29, 1.82) is 0 Å². The van der Waals surface area contributed by atoms with Gasteiger partial charge >= 0.3 is 0 Å². The molecule has 1 fully saturated rings. The number of amides is 1. The summed E-state index contributed by atoms with van der Waals surface area (Å²) in [6.45, 7) is 9.89. The Kier molecular flexibility index (Phi) is 2.34. The van der Waals surface area contributed by atoms with Gasteiger partial charge in [0.2, 0.25) is 0 Å². The van der Waals surface area contributed by atoms with Crippen molar-refractivity contribution in [3.8, 4) is 0 Å². The van der Waals surface area contributed by atoms with E-state index in [4.69, 9.17) is 0 Å². The van der Waals surface area contributed by atoms with Crippen LogP contribution in [0.15, 0.2) is 4.99 Å². The molecule has 0 radical (unpaired) electrons. The summed E-state index contributed by atoms with van der Waals surface area (Å²) < 4.78 is 0. The highest BCUT2D eigenvalue weighted by molar-refractivity contribution is 6.01. The molecule has 0 saturated carbocycles. The number of hydrogen-bond acceptors (Lipinski definition) is 3. The molecule has 0 atom stereocenters. The molecule has 15 heavy (non-hydrogen) atoms. The topological polar surface area (TPSA) is 35.9 Å². The molecule has 1 spiro atoms. The number of nitrogens with zero attached hydrogens (tertiary/aromatic N) is 3. The van der Waals surface area contributed by atoms with Gasteiger partial charge in [0.05, 0.1) is 6.34 Å². The number of hydrogen-bond donors (Lipinski definition) is 0. The predicted octanol–water partition coefficient (Wildman–Crippen LogP) is 0.728. The van der Waals surface area contributed by atoms with Gasteiger partial charge in [-0.25, -0.2) is 0 Å². The third-order valence-electron chi connectivity index (χ3n) is 3.28. The van der Waals surface area contributed by atoms with Gasteiger partial charge in [0.15, 0.2) is 5.54 Å². The minimum Gasteiger partial charge on any atom is -0.298 e. The van der Waals surface area contributed by atoms with Crippen LogP contribution in [0.3, 0.4) is 0 Å². The van der Waals surface area contributed by atoms with E-state index in [9.17, 15) is 4.79 Å². The summed E-state index contributed by atoms with van der Waals surface area (Å²) in [5.74, 6) is 0.175. The molecule has 2 aliphatic rings. The van der Waals surface area contributed by atoms with E-state index < -0.39 is 5.54 Å². The van der Waals surface area contributed by atoms with Crippen molar-refractivity contribution < 1.29 is 4.79 Å². The molecule has 2 rings (SSSR count). The zero-order valence-corrected chi connectivity index (χ0v) is 9.90. The maximum Gasteiger partial charge on any atom is 0.258 e. The van der Waals surface area contributed by atoms with Crippen molar-refractivity contribution >= 4 is 12.2 Å². The first-order valence-corrected chi connectivity index (χ1v) is 5.58. The molecule has 0 bridgehead atoms. The summed E-state index contributed by atoms with van der Waals surface area (Å²) in [4.78, 5) is 20.5. The molecule has 0 aromatic carbocycles. The summed E-state index contributed by atoms with van der Waals surface area (Å²) in [6.07, 6.45) is 1.71. The third-order valence-corrected chi connectivity index (χ3v) is 3.28.